The van der Waals surface area contributed by atoms with Crippen molar-refractivity contribution in [3.63, 3.8) is 0 Å². The number of hydroxylamine groups is 1. The number of carbonyl (C=O) groups excluding carboxylic acids is 2. The van der Waals surface area contributed by atoms with E-state index < -0.39 is 5.92 Å². The van der Waals surface area contributed by atoms with Crippen LogP contribution in [0.3, 0.4) is 0 Å². The highest BCUT2D eigenvalue weighted by Gasteiger charge is 2.34. The number of hydrogen-bond acceptors (Lipinski definition) is 5. The molecule has 0 saturated carbocycles. The van der Waals surface area contributed by atoms with Crippen LogP contribution >= 0.6 is 0 Å². The molecule has 0 radical (unpaired) electrons. The SMILES string of the molecule is COc1ccc(CN2C[C@H](C(=O)NO[C@H]3CCCCO3)CC2=O)cc1. The second kappa shape index (κ2) is 8.31. The summed E-state index contributed by atoms with van der Waals surface area (Å²) >= 11 is 0. The van der Waals surface area contributed by atoms with E-state index in [1.807, 2.05) is 24.3 Å². The standard InChI is InChI=1S/C18H24N2O5/c1-23-15-7-5-13(6-8-15)11-20-12-14(10-16(20)21)18(22)19-25-17-4-2-3-9-24-17/h5-8,14,17H,2-4,9-12H2,1H3,(H,19,22)/t14-,17+/m1/s1. The highest BCUT2D eigenvalue weighted by molar-refractivity contribution is 5.88. The number of nitrogens with zero attached hydrogens (tertiary/aromatic N) is 1. The molecule has 25 heavy (non-hydrogen) atoms. The lowest BCUT2D eigenvalue weighted by atomic mass is 10.1. The summed E-state index contributed by atoms with van der Waals surface area (Å²) in [4.78, 5) is 31.4. The maximum atomic E-state index is 12.2. The van der Waals surface area contributed by atoms with E-state index >= 15 is 0 Å². The minimum Gasteiger partial charge on any atom is -0.497 e. The predicted molar refractivity (Wildman–Crippen MR) is 89.3 cm³/mol. The van der Waals surface area contributed by atoms with Crippen molar-refractivity contribution in [2.75, 3.05) is 20.3 Å². The van der Waals surface area contributed by atoms with Gasteiger partial charge in [0.15, 0.2) is 6.29 Å². The van der Waals surface area contributed by atoms with Gasteiger partial charge in [0, 0.05) is 32.5 Å². The van der Waals surface area contributed by atoms with Gasteiger partial charge in [0.1, 0.15) is 5.75 Å². The quantitative estimate of drug-likeness (QED) is 0.791. The molecular formula is C18H24N2O5. The lowest BCUT2D eigenvalue weighted by molar-refractivity contribution is -0.202. The first kappa shape index (κ1) is 17.7. The second-order valence-electron chi connectivity index (χ2n) is 6.40. The van der Waals surface area contributed by atoms with E-state index in [0.29, 0.717) is 19.7 Å². The number of hydrogen-bond donors (Lipinski definition) is 1. The summed E-state index contributed by atoms with van der Waals surface area (Å²) in [5.41, 5.74) is 3.46. The largest absolute Gasteiger partial charge is 0.497 e. The molecule has 3 rings (SSSR count). The lowest BCUT2D eigenvalue weighted by Gasteiger charge is -2.23. The van der Waals surface area contributed by atoms with Crippen molar-refractivity contribution in [2.45, 2.75) is 38.5 Å². The highest BCUT2D eigenvalue weighted by Crippen LogP contribution is 2.22. The van der Waals surface area contributed by atoms with Crippen molar-refractivity contribution in [1.29, 1.82) is 0 Å². The summed E-state index contributed by atoms with van der Waals surface area (Å²) in [6.45, 7) is 1.53. The Morgan fingerprint density at radius 3 is 2.80 bits per heavy atom. The highest BCUT2D eigenvalue weighted by atomic mass is 16.8. The van der Waals surface area contributed by atoms with E-state index in [2.05, 4.69) is 5.48 Å². The molecule has 7 nitrogen and oxygen atoms in total. The van der Waals surface area contributed by atoms with Crippen LogP contribution in [0.4, 0.5) is 0 Å². The maximum Gasteiger partial charge on any atom is 0.249 e. The molecule has 136 valence electrons. The molecule has 0 aromatic heterocycles. The lowest BCUT2D eigenvalue weighted by Crippen LogP contribution is -2.37. The smallest absolute Gasteiger partial charge is 0.249 e. The monoisotopic (exact) mass is 348 g/mol. The van der Waals surface area contributed by atoms with Gasteiger partial charge in [0.05, 0.1) is 13.0 Å². The molecule has 0 bridgehead atoms. The third-order valence-electron chi connectivity index (χ3n) is 4.55. The average Bonchev–Trinajstić information content (AvgIpc) is 3.02. The first-order chi connectivity index (χ1) is 12.2. The molecule has 1 N–H and O–H groups in total. The van der Waals surface area contributed by atoms with E-state index in [9.17, 15) is 9.59 Å². The van der Waals surface area contributed by atoms with Gasteiger partial charge in [0.25, 0.3) is 0 Å². The fourth-order valence-electron chi connectivity index (χ4n) is 3.06. The van der Waals surface area contributed by atoms with Crippen molar-refractivity contribution in [1.82, 2.24) is 10.4 Å². The van der Waals surface area contributed by atoms with E-state index in [1.54, 1.807) is 12.0 Å². The molecule has 2 saturated heterocycles. The molecule has 2 aliphatic rings. The zero-order valence-electron chi connectivity index (χ0n) is 14.4. The third-order valence-corrected chi connectivity index (χ3v) is 4.55. The van der Waals surface area contributed by atoms with Crippen LogP contribution < -0.4 is 10.2 Å². The second-order valence-corrected chi connectivity index (χ2v) is 6.40. The summed E-state index contributed by atoms with van der Waals surface area (Å²) in [7, 11) is 1.61. The van der Waals surface area contributed by atoms with Crippen LogP contribution in [-0.4, -0.2) is 43.3 Å². The van der Waals surface area contributed by atoms with Crippen molar-refractivity contribution < 1.29 is 23.9 Å². The van der Waals surface area contributed by atoms with Gasteiger partial charge in [-0.1, -0.05) is 12.1 Å². The third kappa shape index (κ3) is 4.70. The van der Waals surface area contributed by atoms with Gasteiger partial charge in [-0.15, -0.1) is 0 Å². The zero-order valence-corrected chi connectivity index (χ0v) is 14.4. The van der Waals surface area contributed by atoms with E-state index in [0.717, 1.165) is 30.6 Å². The predicted octanol–water partition coefficient (Wildman–Crippen LogP) is 1.62. The molecule has 2 amide bonds. The van der Waals surface area contributed by atoms with Gasteiger partial charge in [-0.05, 0) is 30.5 Å². The van der Waals surface area contributed by atoms with Crippen molar-refractivity contribution >= 4 is 11.8 Å². The Kier molecular flexibility index (Phi) is 5.88. The molecule has 0 unspecified atom stereocenters. The summed E-state index contributed by atoms with van der Waals surface area (Å²) in [5, 5.41) is 0. The molecular weight excluding hydrogens is 324 g/mol. The van der Waals surface area contributed by atoms with Crippen LogP contribution in [0.15, 0.2) is 24.3 Å². The van der Waals surface area contributed by atoms with Crippen LogP contribution in [0.25, 0.3) is 0 Å². The normalized spacial score (nSPS) is 23.6. The summed E-state index contributed by atoms with van der Waals surface area (Å²) < 4.78 is 10.5. The Morgan fingerprint density at radius 1 is 1.32 bits per heavy atom. The number of likely N-dealkylation sites (tertiary alicyclic amines) is 1. The average molecular weight is 348 g/mol. The first-order valence-electron chi connectivity index (χ1n) is 8.63. The Hall–Kier alpha value is -2.12. The van der Waals surface area contributed by atoms with Crippen molar-refractivity contribution in [3.8, 4) is 5.75 Å². The van der Waals surface area contributed by atoms with E-state index in [4.69, 9.17) is 14.3 Å². The van der Waals surface area contributed by atoms with Gasteiger partial charge in [0.2, 0.25) is 11.8 Å². The van der Waals surface area contributed by atoms with E-state index in [-0.39, 0.29) is 24.5 Å². The van der Waals surface area contributed by atoms with Crippen LogP contribution in [0, 0.1) is 5.92 Å². The number of carbonyl (C=O) groups is 2. The van der Waals surface area contributed by atoms with Crippen molar-refractivity contribution in [2.24, 2.45) is 5.92 Å². The minimum atomic E-state index is -0.394. The molecule has 2 heterocycles. The van der Waals surface area contributed by atoms with Crippen LogP contribution in [0.1, 0.15) is 31.2 Å². The molecule has 1 aromatic rings. The number of nitrogens with one attached hydrogen (secondary N) is 1. The molecule has 2 atom stereocenters. The summed E-state index contributed by atoms with van der Waals surface area (Å²) in [6.07, 6.45) is 2.64. The maximum absolute atomic E-state index is 12.2. The van der Waals surface area contributed by atoms with Crippen LogP contribution in [0.5, 0.6) is 5.75 Å². The molecule has 7 heteroatoms. The number of ether oxygens (including phenoxy) is 2. The molecule has 0 spiro atoms. The number of methoxy groups -OCH3 is 1. The van der Waals surface area contributed by atoms with Gasteiger partial charge in [-0.3, -0.25) is 9.59 Å². The molecule has 2 aliphatic heterocycles. The number of benzene rings is 1. The van der Waals surface area contributed by atoms with Gasteiger partial charge < -0.3 is 14.4 Å². The minimum absolute atomic E-state index is 0.0233. The van der Waals surface area contributed by atoms with Gasteiger partial charge in [-0.2, -0.15) is 0 Å². The van der Waals surface area contributed by atoms with Crippen molar-refractivity contribution in [3.05, 3.63) is 29.8 Å². The Bertz CT molecular complexity index is 598. The molecule has 0 aliphatic carbocycles. The summed E-state index contributed by atoms with van der Waals surface area (Å²) in [6, 6.07) is 7.56. The number of amides is 2. The Labute approximate surface area is 147 Å². The van der Waals surface area contributed by atoms with Crippen LogP contribution in [-0.2, 0) is 25.7 Å². The van der Waals surface area contributed by atoms with Crippen LogP contribution in [0.2, 0.25) is 0 Å². The topological polar surface area (TPSA) is 77.1 Å². The zero-order chi connectivity index (χ0) is 17.6. The van der Waals surface area contributed by atoms with Gasteiger partial charge in [-0.25, -0.2) is 10.3 Å². The first-order valence-corrected chi connectivity index (χ1v) is 8.63. The molecule has 2 fully saturated rings. The van der Waals surface area contributed by atoms with E-state index in [1.165, 1.54) is 0 Å². The Morgan fingerprint density at radius 2 is 2.12 bits per heavy atom. The summed E-state index contributed by atoms with van der Waals surface area (Å²) in [5.74, 6) is 0.0924. The fourth-order valence-corrected chi connectivity index (χ4v) is 3.06. The number of rotatable bonds is 6. The van der Waals surface area contributed by atoms with Gasteiger partial charge >= 0.3 is 0 Å². The molecule has 1 aromatic carbocycles. The Balaban J connectivity index is 1.48. The fraction of sp³-hybridized carbons (Fsp3) is 0.556.